The van der Waals surface area contributed by atoms with Gasteiger partial charge in [-0.1, -0.05) is 0 Å². The molecule has 0 spiro atoms. The van der Waals surface area contributed by atoms with Crippen molar-refractivity contribution in [2.45, 2.75) is 50.2 Å². The van der Waals surface area contributed by atoms with Crippen LogP contribution in [0.2, 0.25) is 0 Å². The molecule has 2 atom stereocenters. The summed E-state index contributed by atoms with van der Waals surface area (Å²) in [7, 11) is -3.47. The molecular formula is C13H23ClN4O2S. The Bertz CT molecular complexity index is 581. The maximum absolute atomic E-state index is 12.5. The molecule has 3 heterocycles. The number of nitrogens with zero attached hydrogens (tertiary/aromatic N) is 2. The van der Waals surface area contributed by atoms with Gasteiger partial charge in [-0.25, -0.2) is 18.1 Å². The van der Waals surface area contributed by atoms with Gasteiger partial charge in [-0.2, -0.15) is 0 Å². The van der Waals surface area contributed by atoms with Crippen LogP contribution in [-0.4, -0.2) is 37.1 Å². The zero-order chi connectivity index (χ0) is 14.2. The Balaban J connectivity index is 0.00000161. The standard InChI is InChI=1S/C13H22N4O2S.ClH/c1-10(11-4-2-6-14-8-11)16-20(18,19)13-9-15-12-5-3-7-17(12)13;/h9-11,14,16H,2-8H2,1H3;1H. The van der Waals surface area contributed by atoms with Gasteiger partial charge in [0.05, 0.1) is 6.20 Å². The minimum Gasteiger partial charge on any atom is -0.318 e. The van der Waals surface area contributed by atoms with Gasteiger partial charge in [0.2, 0.25) is 0 Å². The summed E-state index contributed by atoms with van der Waals surface area (Å²) in [5.41, 5.74) is 0. The molecular weight excluding hydrogens is 312 g/mol. The van der Waals surface area contributed by atoms with Crippen LogP contribution in [0.4, 0.5) is 0 Å². The highest BCUT2D eigenvalue weighted by molar-refractivity contribution is 7.89. The van der Waals surface area contributed by atoms with E-state index in [0.717, 1.165) is 51.1 Å². The topological polar surface area (TPSA) is 76.0 Å². The summed E-state index contributed by atoms with van der Waals surface area (Å²) in [6, 6.07) is -0.0552. The molecule has 2 unspecified atom stereocenters. The Labute approximate surface area is 132 Å². The molecule has 0 amide bonds. The fourth-order valence-electron chi connectivity index (χ4n) is 3.15. The Morgan fingerprint density at radius 1 is 1.48 bits per heavy atom. The molecule has 0 aliphatic carbocycles. The average Bonchev–Trinajstić information content (AvgIpc) is 3.01. The number of halogens is 1. The Morgan fingerprint density at radius 3 is 3.00 bits per heavy atom. The molecule has 2 aliphatic rings. The lowest BCUT2D eigenvalue weighted by atomic mass is 9.94. The van der Waals surface area contributed by atoms with Crippen LogP contribution >= 0.6 is 12.4 Å². The molecule has 1 saturated heterocycles. The maximum atomic E-state index is 12.5. The van der Waals surface area contributed by atoms with Gasteiger partial charge in [0.25, 0.3) is 10.0 Å². The predicted molar refractivity (Wildman–Crippen MR) is 83.2 cm³/mol. The molecule has 3 rings (SSSR count). The molecule has 120 valence electrons. The van der Waals surface area contributed by atoms with Crippen LogP contribution in [0.5, 0.6) is 0 Å². The second-order valence-electron chi connectivity index (χ2n) is 5.78. The first-order valence-electron chi connectivity index (χ1n) is 7.35. The van der Waals surface area contributed by atoms with E-state index < -0.39 is 10.0 Å². The van der Waals surface area contributed by atoms with Gasteiger partial charge in [-0.05, 0) is 45.2 Å². The van der Waals surface area contributed by atoms with Crippen LogP contribution in [0.3, 0.4) is 0 Å². The van der Waals surface area contributed by atoms with E-state index in [2.05, 4.69) is 15.0 Å². The van der Waals surface area contributed by atoms with Crippen molar-refractivity contribution in [1.82, 2.24) is 19.6 Å². The van der Waals surface area contributed by atoms with Crippen LogP contribution in [0.25, 0.3) is 0 Å². The maximum Gasteiger partial charge on any atom is 0.258 e. The van der Waals surface area contributed by atoms with Crippen molar-refractivity contribution in [1.29, 1.82) is 0 Å². The number of fused-ring (bicyclic) bond motifs is 1. The van der Waals surface area contributed by atoms with E-state index >= 15 is 0 Å². The van der Waals surface area contributed by atoms with E-state index in [1.165, 1.54) is 6.20 Å². The molecule has 1 aromatic heterocycles. The van der Waals surface area contributed by atoms with Gasteiger partial charge in [0, 0.05) is 19.0 Å². The summed E-state index contributed by atoms with van der Waals surface area (Å²) in [5.74, 6) is 1.25. The Hall–Kier alpha value is -0.630. The number of hydrogen-bond acceptors (Lipinski definition) is 4. The lowest BCUT2D eigenvalue weighted by Crippen LogP contribution is -2.44. The highest BCUT2D eigenvalue weighted by Gasteiger charge is 2.29. The summed E-state index contributed by atoms with van der Waals surface area (Å²) in [4.78, 5) is 4.21. The highest BCUT2D eigenvalue weighted by Crippen LogP contribution is 2.21. The van der Waals surface area contributed by atoms with Crippen molar-refractivity contribution < 1.29 is 8.42 Å². The SMILES string of the molecule is CC(NS(=O)(=O)c1cnc2n1CCC2)C1CCCNC1.Cl. The fraction of sp³-hybridized carbons (Fsp3) is 0.769. The summed E-state index contributed by atoms with van der Waals surface area (Å²) < 4.78 is 29.7. The van der Waals surface area contributed by atoms with Crippen molar-refractivity contribution >= 4 is 22.4 Å². The number of nitrogens with one attached hydrogen (secondary N) is 2. The number of aryl methyl sites for hydroxylation is 1. The molecule has 0 bridgehead atoms. The van der Waals surface area contributed by atoms with E-state index in [0.29, 0.717) is 10.9 Å². The molecule has 1 fully saturated rings. The van der Waals surface area contributed by atoms with Crippen LogP contribution in [0.15, 0.2) is 11.2 Å². The van der Waals surface area contributed by atoms with Gasteiger partial charge in [-0.15, -0.1) is 12.4 Å². The van der Waals surface area contributed by atoms with Crippen molar-refractivity contribution in [3.63, 3.8) is 0 Å². The van der Waals surface area contributed by atoms with Crippen molar-refractivity contribution in [3.8, 4) is 0 Å². The van der Waals surface area contributed by atoms with E-state index in [9.17, 15) is 8.42 Å². The summed E-state index contributed by atoms with van der Waals surface area (Å²) in [5, 5.41) is 3.65. The van der Waals surface area contributed by atoms with Crippen molar-refractivity contribution in [3.05, 3.63) is 12.0 Å². The van der Waals surface area contributed by atoms with E-state index in [4.69, 9.17) is 0 Å². The van der Waals surface area contributed by atoms with Crippen LogP contribution in [-0.2, 0) is 23.0 Å². The average molecular weight is 335 g/mol. The first kappa shape index (κ1) is 16.7. The van der Waals surface area contributed by atoms with Crippen LogP contribution < -0.4 is 10.0 Å². The van der Waals surface area contributed by atoms with Crippen LogP contribution in [0.1, 0.15) is 32.0 Å². The number of rotatable bonds is 4. The molecule has 0 aromatic carbocycles. The number of sulfonamides is 1. The predicted octanol–water partition coefficient (Wildman–Crippen LogP) is 0.917. The summed E-state index contributed by atoms with van der Waals surface area (Å²) in [6.07, 6.45) is 5.52. The highest BCUT2D eigenvalue weighted by atomic mass is 35.5. The summed E-state index contributed by atoms with van der Waals surface area (Å²) in [6.45, 7) is 4.63. The zero-order valence-corrected chi connectivity index (χ0v) is 13.8. The van der Waals surface area contributed by atoms with E-state index in [1.807, 2.05) is 11.5 Å². The molecule has 1 aromatic rings. The van der Waals surface area contributed by atoms with Crippen molar-refractivity contribution in [2.24, 2.45) is 5.92 Å². The van der Waals surface area contributed by atoms with Crippen LogP contribution in [0, 0.1) is 5.92 Å². The Kier molecular flexibility index (Phi) is 5.29. The molecule has 21 heavy (non-hydrogen) atoms. The van der Waals surface area contributed by atoms with E-state index in [-0.39, 0.29) is 18.4 Å². The number of aromatic nitrogens is 2. The Morgan fingerprint density at radius 2 is 2.29 bits per heavy atom. The molecule has 8 heteroatoms. The second-order valence-corrected chi connectivity index (χ2v) is 7.45. The minimum absolute atomic E-state index is 0. The largest absolute Gasteiger partial charge is 0.318 e. The molecule has 0 radical (unpaired) electrons. The lowest BCUT2D eigenvalue weighted by molar-refractivity contribution is 0.320. The fourth-order valence-corrected chi connectivity index (χ4v) is 4.63. The van der Waals surface area contributed by atoms with Gasteiger partial charge < -0.3 is 9.88 Å². The van der Waals surface area contributed by atoms with Gasteiger partial charge in [-0.3, -0.25) is 0 Å². The van der Waals surface area contributed by atoms with Crippen molar-refractivity contribution in [2.75, 3.05) is 13.1 Å². The smallest absolute Gasteiger partial charge is 0.258 e. The monoisotopic (exact) mass is 334 g/mol. The first-order chi connectivity index (χ1) is 9.58. The van der Waals surface area contributed by atoms with Gasteiger partial charge >= 0.3 is 0 Å². The molecule has 2 aliphatic heterocycles. The normalized spacial score (nSPS) is 23.4. The number of hydrogen-bond donors (Lipinski definition) is 2. The van der Waals surface area contributed by atoms with Gasteiger partial charge in [0.15, 0.2) is 5.03 Å². The zero-order valence-electron chi connectivity index (χ0n) is 12.2. The lowest BCUT2D eigenvalue weighted by Gasteiger charge is -2.28. The number of piperidine rings is 1. The third-order valence-electron chi connectivity index (χ3n) is 4.34. The quantitative estimate of drug-likeness (QED) is 0.858. The molecule has 0 saturated carbocycles. The molecule has 2 N–H and O–H groups in total. The third-order valence-corrected chi connectivity index (χ3v) is 5.90. The van der Waals surface area contributed by atoms with E-state index in [1.54, 1.807) is 0 Å². The minimum atomic E-state index is -3.47. The van der Waals surface area contributed by atoms with Gasteiger partial charge in [0.1, 0.15) is 5.82 Å². The third kappa shape index (κ3) is 3.41. The second kappa shape index (κ2) is 6.64. The molecule has 6 nitrogen and oxygen atoms in total. The first-order valence-corrected chi connectivity index (χ1v) is 8.84. The summed E-state index contributed by atoms with van der Waals surface area (Å²) >= 11 is 0. The number of imidazole rings is 1.